The molecule has 128 valence electrons. The number of hydrogen-bond donors (Lipinski definition) is 0. The Kier molecular flexibility index (Phi) is 6.13. The molecule has 5 nitrogen and oxygen atoms in total. The number of amides is 1. The van der Waals surface area contributed by atoms with E-state index in [1.54, 1.807) is 19.2 Å². The second-order valence-corrected chi connectivity index (χ2v) is 11.9. The van der Waals surface area contributed by atoms with Gasteiger partial charge < -0.3 is 14.1 Å². The van der Waals surface area contributed by atoms with Gasteiger partial charge in [0.2, 0.25) is 6.41 Å². The molecule has 0 aliphatic heterocycles. The summed E-state index contributed by atoms with van der Waals surface area (Å²) in [5.41, 5.74) is 1.94. The molecule has 0 spiro atoms. The Balaban J connectivity index is 3.11. The summed E-state index contributed by atoms with van der Waals surface area (Å²) >= 11 is 0. The van der Waals surface area contributed by atoms with Crippen LogP contribution in [0.4, 0.5) is 5.69 Å². The number of rotatable bonds is 6. The number of carbonyl (C=O) groups excluding carboxylic acids is 2. The van der Waals surface area contributed by atoms with Crippen LogP contribution in [-0.4, -0.2) is 34.9 Å². The van der Waals surface area contributed by atoms with Crippen molar-refractivity contribution >= 4 is 26.4 Å². The summed E-state index contributed by atoms with van der Waals surface area (Å²) in [5, 5.41) is 0.107. The van der Waals surface area contributed by atoms with Gasteiger partial charge in [-0.2, -0.15) is 0 Å². The zero-order valence-corrected chi connectivity index (χ0v) is 16.1. The van der Waals surface area contributed by atoms with Crippen LogP contribution in [0.1, 0.15) is 36.7 Å². The number of carbonyl (C=O) groups is 2. The van der Waals surface area contributed by atoms with Gasteiger partial charge in [0, 0.05) is 18.3 Å². The van der Waals surface area contributed by atoms with Crippen molar-refractivity contribution in [3.05, 3.63) is 29.3 Å². The fourth-order valence-corrected chi connectivity index (χ4v) is 2.74. The summed E-state index contributed by atoms with van der Waals surface area (Å²) < 4.78 is 11.0. The predicted molar refractivity (Wildman–Crippen MR) is 94.2 cm³/mol. The lowest BCUT2D eigenvalue weighted by atomic mass is 10.1. The maximum absolute atomic E-state index is 11.7. The predicted octanol–water partition coefficient (Wildman–Crippen LogP) is 3.59. The van der Waals surface area contributed by atoms with Crippen molar-refractivity contribution in [2.45, 2.75) is 45.5 Å². The molecule has 0 bridgehead atoms. The van der Waals surface area contributed by atoms with Gasteiger partial charge in [0.1, 0.15) is 0 Å². The van der Waals surface area contributed by atoms with Gasteiger partial charge in [-0.05, 0) is 30.3 Å². The number of anilines is 1. The molecule has 0 N–H and O–H groups in total. The zero-order valence-electron chi connectivity index (χ0n) is 15.1. The molecule has 6 heteroatoms. The molecule has 1 aromatic carbocycles. The smallest absolute Gasteiger partial charge is 0.337 e. The molecule has 0 atom stereocenters. The number of esters is 1. The molecule has 23 heavy (non-hydrogen) atoms. The van der Waals surface area contributed by atoms with Crippen LogP contribution >= 0.6 is 0 Å². The summed E-state index contributed by atoms with van der Waals surface area (Å²) in [7, 11) is 1.09. The van der Waals surface area contributed by atoms with Crippen LogP contribution in [0.3, 0.4) is 0 Å². The second-order valence-electron chi connectivity index (χ2n) is 7.10. The average molecular weight is 337 g/mol. The van der Waals surface area contributed by atoms with E-state index >= 15 is 0 Å². The molecular weight excluding hydrogens is 310 g/mol. The monoisotopic (exact) mass is 337 g/mol. The minimum Gasteiger partial charge on any atom is -0.465 e. The highest BCUT2D eigenvalue weighted by atomic mass is 28.4. The fraction of sp³-hybridized carbons (Fsp3) is 0.529. The molecule has 0 saturated carbocycles. The number of ether oxygens (including phenoxy) is 1. The number of methoxy groups -OCH3 is 1. The van der Waals surface area contributed by atoms with E-state index in [1.807, 2.05) is 6.07 Å². The van der Waals surface area contributed by atoms with Crippen molar-refractivity contribution in [1.82, 2.24) is 0 Å². The lowest BCUT2D eigenvalue weighted by Gasteiger charge is -2.36. The third-order valence-corrected chi connectivity index (χ3v) is 8.92. The Hall–Kier alpha value is -1.66. The fourth-order valence-electron chi connectivity index (χ4n) is 1.79. The molecule has 0 heterocycles. The third-order valence-electron chi connectivity index (χ3n) is 4.44. The van der Waals surface area contributed by atoms with Crippen LogP contribution in [0.2, 0.25) is 18.1 Å². The van der Waals surface area contributed by atoms with Gasteiger partial charge in [0.15, 0.2) is 8.32 Å². The first-order valence-electron chi connectivity index (χ1n) is 7.57. The highest BCUT2D eigenvalue weighted by molar-refractivity contribution is 6.74. The topological polar surface area (TPSA) is 55.8 Å². The van der Waals surface area contributed by atoms with Crippen LogP contribution in [0.25, 0.3) is 0 Å². The van der Waals surface area contributed by atoms with E-state index in [0.717, 1.165) is 5.56 Å². The van der Waals surface area contributed by atoms with Crippen molar-refractivity contribution < 1.29 is 18.8 Å². The molecule has 1 amide bonds. The van der Waals surface area contributed by atoms with Crippen LogP contribution < -0.4 is 4.90 Å². The first kappa shape index (κ1) is 19.4. The number of hydrogen-bond acceptors (Lipinski definition) is 4. The van der Waals surface area contributed by atoms with Gasteiger partial charge in [0.25, 0.3) is 0 Å². The van der Waals surface area contributed by atoms with Gasteiger partial charge in [0.05, 0.1) is 19.3 Å². The molecule has 0 aliphatic rings. The van der Waals surface area contributed by atoms with Gasteiger partial charge in [-0.25, -0.2) is 4.79 Å². The minimum atomic E-state index is -1.90. The summed E-state index contributed by atoms with van der Waals surface area (Å²) in [6.45, 7) is 11.3. The average Bonchev–Trinajstić information content (AvgIpc) is 2.50. The second kappa shape index (κ2) is 7.27. The highest BCUT2D eigenvalue weighted by Crippen LogP contribution is 2.37. The SMILES string of the molecule is COC(=O)c1ccc(CO[Si](C)(C)C(C)(C)C)c(N(C)C=O)c1. The molecule has 0 aliphatic carbocycles. The Morgan fingerprint density at radius 1 is 1.30 bits per heavy atom. The lowest BCUT2D eigenvalue weighted by molar-refractivity contribution is -0.107. The first-order valence-corrected chi connectivity index (χ1v) is 10.5. The van der Waals surface area contributed by atoms with Crippen molar-refractivity contribution in [2.24, 2.45) is 0 Å². The zero-order chi connectivity index (χ0) is 17.8. The molecule has 0 unspecified atom stereocenters. The van der Waals surface area contributed by atoms with E-state index in [1.165, 1.54) is 12.0 Å². The summed E-state index contributed by atoms with van der Waals surface area (Å²) in [5.74, 6) is -0.428. The maximum Gasteiger partial charge on any atom is 0.337 e. The first-order chi connectivity index (χ1) is 10.5. The Bertz CT molecular complexity index is 578. The van der Waals surface area contributed by atoms with Gasteiger partial charge >= 0.3 is 5.97 Å². The van der Waals surface area contributed by atoms with E-state index in [-0.39, 0.29) is 5.04 Å². The molecule has 0 fully saturated rings. The lowest BCUT2D eigenvalue weighted by Crippen LogP contribution is -2.40. The Morgan fingerprint density at radius 2 is 1.91 bits per heavy atom. The maximum atomic E-state index is 11.7. The molecule has 0 radical (unpaired) electrons. The molecule has 1 aromatic rings. The Labute approximate surface area is 139 Å². The van der Waals surface area contributed by atoms with Crippen LogP contribution in [-0.2, 0) is 20.6 Å². The molecule has 0 aromatic heterocycles. The Morgan fingerprint density at radius 3 is 2.39 bits per heavy atom. The normalized spacial score (nSPS) is 12.0. The third kappa shape index (κ3) is 4.65. The van der Waals surface area contributed by atoms with E-state index in [0.29, 0.717) is 24.3 Å². The highest BCUT2D eigenvalue weighted by Gasteiger charge is 2.37. The van der Waals surface area contributed by atoms with Gasteiger partial charge in [-0.3, -0.25) is 4.79 Å². The van der Waals surface area contributed by atoms with Crippen molar-refractivity contribution in [1.29, 1.82) is 0 Å². The van der Waals surface area contributed by atoms with E-state index in [4.69, 9.17) is 9.16 Å². The van der Waals surface area contributed by atoms with Crippen molar-refractivity contribution in [3.8, 4) is 0 Å². The summed E-state index contributed by atoms with van der Waals surface area (Å²) in [4.78, 5) is 24.3. The van der Waals surface area contributed by atoms with E-state index < -0.39 is 14.3 Å². The van der Waals surface area contributed by atoms with Crippen LogP contribution in [0, 0.1) is 0 Å². The molecule has 0 saturated heterocycles. The van der Waals surface area contributed by atoms with Gasteiger partial charge in [-0.1, -0.05) is 26.8 Å². The minimum absolute atomic E-state index is 0.107. The molecular formula is C17H27NO4Si. The summed E-state index contributed by atoms with van der Waals surface area (Å²) in [6, 6.07) is 5.16. The van der Waals surface area contributed by atoms with Gasteiger partial charge in [-0.15, -0.1) is 0 Å². The quantitative estimate of drug-likeness (QED) is 0.452. The number of benzene rings is 1. The van der Waals surface area contributed by atoms with E-state index in [9.17, 15) is 9.59 Å². The van der Waals surface area contributed by atoms with Crippen LogP contribution in [0.5, 0.6) is 0 Å². The number of nitrogens with zero attached hydrogens (tertiary/aromatic N) is 1. The largest absolute Gasteiger partial charge is 0.465 e. The molecule has 1 rings (SSSR count). The standard InChI is InChI=1S/C17H27NO4Si/c1-17(2,3)23(6,7)22-11-14-9-8-13(16(20)21-5)10-15(14)18(4)12-19/h8-10,12H,11H2,1-7H3. The van der Waals surface area contributed by atoms with Crippen LogP contribution in [0.15, 0.2) is 18.2 Å². The van der Waals surface area contributed by atoms with E-state index in [2.05, 4.69) is 33.9 Å². The summed E-state index contributed by atoms with van der Waals surface area (Å²) in [6.07, 6.45) is 0.715. The van der Waals surface area contributed by atoms with Crippen molar-refractivity contribution in [2.75, 3.05) is 19.1 Å². The van der Waals surface area contributed by atoms with Crippen molar-refractivity contribution in [3.63, 3.8) is 0 Å².